The maximum atomic E-state index is 12.3. The predicted octanol–water partition coefficient (Wildman–Crippen LogP) is 4.17. The van der Waals surface area contributed by atoms with E-state index in [1.165, 1.54) is 6.07 Å². The van der Waals surface area contributed by atoms with Crippen LogP contribution in [-0.2, 0) is 6.54 Å². The van der Waals surface area contributed by atoms with Gasteiger partial charge in [0.15, 0.2) is 11.5 Å². The highest BCUT2D eigenvalue weighted by molar-refractivity contribution is 5.92. The molecular weight excluding hydrogens is 499 g/mol. The minimum atomic E-state index is -4.48. The number of ether oxygens (including phenoxy) is 2. The van der Waals surface area contributed by atoms with Crippen LogP contribution in [-0.4, -0.2) is 73.6 Å². The standard InChI is InChI=1S/C27H30F3N5O3/c1-3-38-22-6-4-5-19(15-22)20-7-8-21(24(16-20)37-2)17-34-11-13-35(14-12-34)25-10-9-23(32-33-25)26(36)31-18-27(28,29)30/h4-10,15-16H,3,11-14,17-18H2,1-2H3,(H,31,36). The maximum absolute atomic E-state index is 12.3. The number of benzene rings is 2. The molecule has 11 heteroatoms. The van der Waals surface area contributed by atoms with Crippen molar-refractivity contribution in [3.8, 4) is 22.6 Å². The van der Waals surface area contributed by atoms with Gasteiger partial charge in [-0.25, -0.2) is 0 Å². The summed E-state index contributed by atoms with van der Waals surface area (Å²) in [6.45, 7) is 4.82. The first-order valence-corrected chi connectivity index (χ1v) is 12.3. The van der Waals surface area contributed by atoms with Crippen molar-refractivity contribution in [3.63, 3.8) is 0 Å². The van der Waals surface area contributed by atoms with Gasteiger partial charge in [-0.3, -0.25) is 9.69 Å². The Bertz CT molecular complexity index is 1230. The van der Waals surface area contributed by atoms with Crippen molar-refractivity contribution in [2.24, 2.45) is 0 Å². The smallest absolute Gasteiger partial charge is 0.405 e. The number of nitrogens with one attached hydrogen (secondary N) is 1. The Morgan fingerprint density at radius 1 is 1.00 bits per heavy atom. The molecular formula is C27H30F3N5O3. The molecule has 1 aliphatic heterocycles. The molecule has 2 aromatic carbocycles. The van der Waals surface area contributed by atoms with Gasteiger partial charge in [0, 0.05) is 38.3 Å². The summed E-state index contributed by atoms with van der Waals surface area (Å²) < 4.78 is 48.2. The lowest BCUT2D eigenvalue weighted by molar-refractivity contribution is -0.123. The van der Waals surface area contributed by atoms with Crippen molar-refractivity contribution < 1.29 is 27.4 Å². The van der Waals surface area contributed by atoms with Crippen LogP contribution in [0.2, 0.25) is 0 Å². The van der Waals surface area contributed by atoms with E-state index in [0.717, 1.165) is 47.8 Å². The average Bonchev–Trinajstić information content (AvgIpc) is 2.92. The van der Waals surface area contributed by atoms with Gasteiger partial charge in [-0.2, -0.15) is 13.2 Å². The van der Waals surface area contributed by atoms with E-state index in [1.807, 2.05) is 42.2 Å². The van der Waals surface area contributed by atoms with Gasteiger partial charge in [-0.05, 0) is 48.4 Å². The number of methoxy groups -OCH3 is 1. The van der Waals surface area contributed by atoms with Gasteiger partial charge < -0.3 is 19.7 Å². The van der Waals surface area contributed by atoms with Crippen LogP contribution in [0, 0.1) is 0 Å². The van der Waals surface area contributed by atoms with Gasteiger partial charge >= 0.3 is 6.18 Å². The number of carbonyl (C=O) groups is 1. The molecule has 1 amide bonds. The molecule has 1 fully saturated rings. The SMILES string of the molecule is CCOc1cccc(-c2ccc(CN3CCN(c4ccc(C(=O)NCC(F)(F)F)nn4)CC3)c(OC)c2)c1. The number of alkyl halides is 3. The summed E-state index contributed by atoms with van der Waals surface area (Å²) in [5, 5.41) is 9.64. The first kappa shape index (κ1) is 27.2. The number of halogens is 3. The largest absolute Gasteiger partial charge is 0.496 e. The van der Waals surface area contributed by atoms with Gasteiger partial charge in [0.25, 0.3) is 5.91 Å². The summed E-state index contributed by atoms with van der Waals surface area (Å²) in [7, 11) is 1.67. The highest BCUT2D eigenvalue weighted by Gasteiger charge is 2.28. The average molecular weight is 530 g/mol. The zero-order chi connectivity index (χ0) is 27.1. The molecule has 0 aliphatic carbocycles. The summed E-state index contributed by atoms with van der Waals surface area (Å²) >= 11 is 0. The molecule has 0 radical (unpaired) electrons. The van der Waals surface area contributed by atoms with Gasteiger partial charge in [0.1, 0.15) is 18.0 Å². The molecule has 0 spiro atoms. The monoisotopic (exact) mass is 529 g/mol. The Balaban J connectivity index is 1.33. The molecule has 0 atom stereocenters. The number of piperazine rings is 1. The molecule has 1 N–H and O–H groups in total. The van der Waals surface area contributed by atoms with Crippen molar-refractivity contribution in [3.05, 3.63) is 65.9 Å². The Morgan fingerprint density at radius 2 is 1.76 bits per heavy atom. The fourth-order valence-corrected chi connectivity index (χ4v) is 4.25. The molecule has 0 bridgehead atoms. The summed E-state index contributed by atoms with van der Waals surface area (Å²) in [6, 6.07) is 17.2. The van der Waals surface area contributed by atoms with Crippen LogP contribution in [0.5, 0.6) is 11.5 Å². The molecule has 4 rings (SSSR count). The quantitative estimate of drug-likeness (QED) is 0.446. The number of nitrogens with zero attached hydrogens (tertiary/aromatic N) is 4. The molecule has 0 unspecified atom stereocenters. The van der Waals surface area contributed by atoms with Gasteiger partial charge in [0.05, 0.1) is 13.7 Å². The summed E-state index contributed by atoms with van der Waals surface area (Å²) in [4.78, 5) is 16.2. The molecule has 8 nitrogen and oxygen atoms in total. The number of hydrogen-bond donors (Lipinski definition) is 1. The second-order valence-electron chi connectivity index (χ2n) is 8.83. The van der Waals surface area contributed by atoms with E-state index in [0.29, 0.717) is 25.5 Å². The van der Waals surface area contributed by atoms with Crippen molar-refractivity contribution in [2.75, 3.05) is 51.3 Å². The summed E-state index contributed by atoms with van der Waals surface area (Å²) in [6.07, 6.45) is -4.48. The number of rotatable bonds is 9. The minimum absolute atomic E-state index is 0.156. The second kappa shape index (κ2) is 12.1. The zero-order valence-electron chi connectivity index (χ0n) is 21.3. The molecule has 3 aromatic rings. The first-order chi connectivity index (χ1) is 18.3. The Morgan fingerprint density at radius 3 is 2.42 bits per heavy atom. The van der Waals surface area contributed by atoms with Gasteiger partial charge in [0.2, 0.25) is 0 Å². The second-order valence-corrected chi connectivity index (χ2v) is 8.83. The third-order valence-corrected chi connectivity index (χ3v) is 6.19. The lowest BCUT2D eigenvalue weighted by Crippen LogP contribution is -2.46. The van der Waals surface area contributed by atoms with Crippen LogP contribution in [0.4, 0.5) is 19.0 Å². The summed E-state index contributed by atoms with van der Waals surface area (Å²) in [5.41, 5.74) is 3.03. The third-order valence-electron chi connectivity index (χ3n) is 6.19. The van der Waals surface area contributed by atoms with Crippen LogP contribution < -0.4 is 19.7 Å². The third kappa shape index (κ3) is 7.12. The normalized spacial score (nSPS) is 14.3. The fraction of sp³-hybridized carbons (Fsp3) is 0.370. The van der Waals surface area contributed by atoms with Crippen molar-refractivity contribution in [1.29, 1.82) is 0 Å². The highest BCUT2D eigenvalue weighted by Crippen LogP contribution is 2.30. The van der Waals surface area contributed by atoms with E-state index in [9.17, 15) is 18.0 Å². The number of hydrogen-bond acceptors (Lipinski definition) is 7. The topological polar surface area (TPSA) is 79.8 Å². The Hall–Kier alpha value is -3.86. The first-order valence-electron chi connectivity index (χ1n) is 12.3. The number of anilines is 1. The number of aromatic nitrogens is 2. The van der Waals surface area contributed by atoms with Crippen LogP contribution >= 0.6 is 0 Å². The predicted molar refractivity (Wildman–Crippen MR) is 138 cm³/mol. The Kier molecular flexibility index (Phi) is 8.67. The number of amides is 1. The van der Waals surface area contributed by atoms with Crippen LogP contribution in [0.25, 0.3) is 11.1 Å². The fourth-order valence-electron chi connectivity index (χ4n) is 4.25. The van der Waals surface area contributed by atoms with Gasteiger partial charge in [-0.15, -0.1) is 10.2 Å². The van der Waals surface area contributed by atoms with E-state index < -0.39 is 18.6 Å². The molecule has 1 saturated heterocycles. The molecule has 38 heavy (non-hydrogen) atoms. The zero-order valence-corrected chi connectivity index (χ0v) is 21.3. The van der Waals surface area contributed by atoms with Gasteiger partial charge in [-0.1, -0.05) is 24.3 Å². The van der Waals surface area contributed by atoms with E-state index in [-0.39, 0.29) is 5.69 Å². The van der Waals surface area contributed by atoms with E-state index in [4.69, 9.17) is 9.47 Å². The van der Waals surface area contributed by atoms with Crippen LogP contribution in [0.3, 0.4) is 0 Å². The Labute approximate surface area is 219 Å². The molecule has 1 aliphatic rings. The minimum Gasteiger partial charge on any atom is -0.496 e. The molecule has 0 saturated carbocycles. The van der Waals surface area contributed by atoms with Crippen molar-refractivity contribution in [1.82, 2.24) is 20.4 Å². The van der Waals surface area contributed by atoms with E-state index >= 15 is 0 Å². The van der Waals surface area contributed by atoms with Crippen LogP contribution in [0.15, 0.2) is 54.6 Å². The molecule has 202 valence electrons. The lowest BCUT2D eigenvalue weighted by Gasteiger charge is -2.35. The highest BCUT2D eigenvalue weighted by atomic mass is 19.4. The number of carbonyl (C=O) groups excluding carboxylic acids is 1. The van der Waals surface area contributed by atoms with Crippen molar-refractivity contribution in [2.45, 2.75) is 19.6 Å². The van der Waals surface area contributed by atoms with Crippen molar-refractivity contribution >= 4 is 11.7 Å². The maximum Gasteiger partial charge on any atom is 0.405 e. The van der Waals surface area contributed by atoms with E-state index in [2.05, 4.69) is 27.2 Å². The molecule has 1 aromatic heterocycles. The van der Waals surface area contributed by atoms with Crippen LogP contribution in [0.1, 0.15) is 23.0 Å². The molecule has 2 heterocycles. The van der Waals surface area contributed by atoms with E-state index in [1.54, 1.807) is 18.5 Å². The lowest BCUT2D eigenvalue weighted by atomic mass is 10.0. The summed E-state index contributed by atoms with van der Waals surface area (Å²) in [5.74, 6) is 1.31.